The molecule has 0 aromatic carbocycles. The summed E-state index contributed by atoms with van der Waals surface area (Å²) >= 11 is 0. The fraction of sp³-hybridized carbons (Fsp3) is 0.692. The predicted molar refractivity (Wildman–Crippen MR) is 69.2 cm³/mol. The number of aromatic nitrogens is 2. The van der Waals surface area contributed by atoms with Gasteiger partial charge in [-0.15, -0.1) is 0 Å². The van der Waals surface area contributed by atoms with Crippen molar-refractivity contribution in [2.24, 2.45) is 18.9 Å². The summed E-state index contributed by atoms with van der Waals surface area (Å²) in [5, 5.41) is 10.6. The van der Waals surface area contributed by atoms with Gasteiger partial charge in [-0.2, -0.15) is 5.10 Å². The summed E-state index contributed by atoms with van der Waals surface area (Å²) in [5.74, 6) is 1.33. The second kappa shape index (κ2) is 4.39. The first kappa shape index (κ1) is 11.7. The molecule has 0 radical (unpaired) electrons. The largest absolute Gasteiger partial charge is 0.322 e. The van der Waals surface area contributed by atoms with Gasteiger partial charge in [-0.05, 0) is 38.1 Å². The zero-order chi connectivity index (χ0) is 12.7. The van der Waals surface area contributed by atoms with Gasteiger partial charge in [0.1, 0.15) is 0 Å². The van der Waals surface area contributed by atoms with Crippen LogP contribution in [-0.4, -0.2) is 28.3 Å². The molecule has 2 heterocycles. The first-order chi connectivity index (χ1) is 8.65. The van der Waals surface area contributed by atoms with Crippen molar-refractivity contribution in [1.29, 1.82) is 0 Å². The van der Waals surface area contributed by atoms with Crippen molar-refractivity contribution in [1.82, 2.24) is 15.1 Å². The number of hydrogen-bond donors (Lipinski definition) is 2. The molecule has 5 heteroatoms. The summed E-state index contributed by atoms with van der Waals surface area (Å²) in [5.41, 5.74) is 1.69. The number of carbonyl (C=O) groups is 1. The van der Waals surface area contributed by atoms with Gasteiger partial charge in [0, 0.05) is 13.2 Å². The molecular weight excluding hydrogens is 228 g/mol. The minimum absolute atomic E-state index is 0.0166. The van der Waals surface area contributed by atoms with E-state index in [-0.39, 0.29) is 11.9 Å². The molecule has 18 heavy (non-hydrogen) atoms. The van der Waals surface area contributed by atoms with E-state index in [9.17, 15) is 4.79 Å². The lowest BCUT2D eigenvalue weighted by Gasteiger charge is -2.17. The summed E-state index contributed by atoms with van der Waals surface area (Å²) < 4.78 is 1.73. The second-order valence-corrected chi connectivity index (χ2v) is 5.53. The van der Waals surface area contributed by atoms with Crippen LogP contribution in [-0.2, 0) is 11.8 Å². The maximum Gasteiger partial charge on any atom is 0.241 e. The molecular formula is C13H20N4O. The van der Waals surface area contributed by atoms with Gasteiger partial charge in [0.15, 0.2) is 0 Å². The third-order valence-electron chi connectivity index (χ3n) is 4.30. The number of amides is 1. The molecule has 2 aliphatic rings. The Morgan fingerprint density at radius 2 is 2.39 bits per heavy atom. The van der Waals surface area contributed by atoms with Gasteiger partial charge in [-0.25, -0.2) is 0 Å². The number of nitrogens with zero attached hydrogens (tertiary/aromatic N) is 2. The Kier molecular flexibility index (Phi) is 2.86. The Hall–Kier alpha value is -1.36. The van der Waals surface area contributed by atoms with Crippen LogP contribution in [0.15, 0.2) is 6.20 Å². The lowest BCUT2D eigenvalue weighted by atomic mass is 9.93. The number of hydrogen-bond acceptors (Lipinski definition) is 3. The van der Waals surface area contributed by atoms with Crippen LogP contribution in [0.1, 0.15) is 25.0 Å². The monoisotopic (exact) mass is 248 g/mol. The first-order valence-electron chi connectivity index (χ1n) is 6.69. The van der Waals surface area contributed by atoms with Crippen molar-refractivity contribution in [3.8, 4) is 0 Å². The highest BCUT2D eigenvalue weighted by Crippen LogP contribution is 2.38. The first-order valence-corrected chi connectivity index (χ1v) is 6.69. The Morgan fingerprint density at radius 1 is 1.56 bits per heavy atom. The Morgan fingerprint density at radius 3 is 3.11 bits per heavy atom. The molecule has 98 valence electrons. The second-order valence-electron chi connectivity index (χ2n) is 5.53. The van der Waals surface area contributed by atoms with Crippen molar-refractivity contribution < 1.29 is 4.79 Å². The average Bonchev–Trinajstić information content (AvgIpc) is 2.94. The number of anilines is 1. The molecule has 2 N–H and O–H groups in total. The molecule has 1 aliphatic heterocycles. The minimum atomic E-state index is -0.0166. The molecule has 1 aromatic rings. The van der Waals surface area contributed by atoms with Crippen LogP contribution in [0.3, 0.4) is 0 Å². The smallest absolute Gasteiger partial charge is 0.241 e. The Labute approximate surface area is 107 Å². The van der Waals surface area contributed by atoms with Gasteiger partial charge in [0.25, 0.3) is 0 Å². The van der Waals surface area contributed by atoms with Gasteiger partial charge < -0.3 is 10.6 Å². The van der Waals surface area contributed by atoms with E-state index < -0.39 is 0 Å². The SMILES string of the molecule is Cc1nn(C)cc1NC(=O)C1NCC2CCCC21. The van der Waals surface area contributed by atoms with E-state index in [1.807, 2.05) is 20.2 Å². The summed E-state index contributed by atoms with van der Waals surface area (Å²) in [7, 11) is 1.86. The maximum atomic E-state index is 12.3. The van der Waals surface area contributed by atoms with E-state index in [2.05, 4.69) is 15.7 Å². The van der Waals surface area contributed by atoms with Crippen molar-refractivity contribution in [3.63, 3.8) is 0 Å². The number of fused-ring (bicyclic) bond motifs is 1. The van der Waals surface area contributed by atoms with E-state index >= 15 is 0 Å². The maximum absolute atomic E-state index is 12.3. The van der Waals surface area contributed by atoms with Crippen LogP contribution >= 0.6 is 0 Å². The van der Waals surface area contributed by atoms with Gasteiger partial charge in [-0.3, -0.25) is 9.48 Å². The van der Waals surface area contributed by atoms with Gasteiger partial charge in [-0.1, -0.05) is 6.42 Å². The highest BCUT2D eigenvalue weighted by molar-refractivity contribution is 5.95. The summed E-state index contributed by atoms with van der Waals surface area (Å²) in [6, 6.07) is -0.0166. The summed E-state index contributed by atoms with van der Waals surface area (Å²) in [6.45, 7) is 2.91. The topological polar surface area (TPSA) is 59.0 Å². The molecule has 1 aliphatic carbocycles. The number of rotatable bonds is 2. The van der Waals surface area contributed by atoms with Crippen molar-refractivity contribution in [3.05, 3.63) is 11.9 Å². The minimum Gasteiger partial charge on any atom is -0.322 e. The third-order valence-corrected chi connectivity index (χ3v) is 4.30. The zero-order valence-corrected chi connectivity index (χ0v) is 10.9. The number of aryl methyl sites for hydroxylation is 2. The molecule has 5 nitrogen and oxygen atoms in total. The normalized spacial score (nSPS) is 30.4. The van der Waals surface area contributed by atoms with E-state index in [1.54, 1.807) is 4.68 Å². The lowest BCUT2D eigenvalue weighted by Crippen LogP contribution is -2.39. The van der Waals surface area contributed by atoms with Crippen molar-refractivity contribution >= 4 is 11.6 Å². The standard InChI is InChI=1S/C13H20N4O/c1-8-11(7-17(2)16-8)15-13(18)12-10-5-3-4-9(10)6-14-12/h7,9-10,12,14H,3-6H2,1-2H3,(H,15,18). The van der Waals surface area contributed by atoms with E-state index in [0.29, 0.717) is 11.8 Å². The molecule has 1 amide bonds. The fourth-order valence-corrected chi connectivity index (χ4v) is 3.41. The van der Waals surface area contributed by atoms with Crippen molar-refractivity contribution in [2.75, 3.05) is 11.9 Å². The van der Waals surface area contributed by atoms with Crippen LogP contribution in [0.5, 0.6) is 0 Å². The molecule has 0 bridgehead atoms. The quantitative estimate of drug-likeness (QED) is 0.822. The van der Waals surface area contributed by atoms with Crippen molar-refractivity contribution in [2.45, 2.75) is 32.2 Å². The van der Waals surface area contributed by atoms with E-state index in [1.165, 1.54) is 19.3 Å². The van der Waals surface area contributed by atoms with Gasteiger partial charge in [0.2, 0.25) is 5.91 Å². The number of carbonyl (C=O) groups excluding carboxylic acids is 1. The molecule has 1 saturated carbocycles. The summed E-state index contributed by atoms with van der Waals surface area (Å²) in [6.07, 6.45) is 5.58. The fourth-order valence-electron chi connectivity index (χ4n) is 3.41. The van der Waals surface area contributed by atoms with Crippen LogP contribution in [0.2, 0.25) is 0 Å². The molecule has 1 aromatic heterocycles. The molecule has 3 atom stereocenters. The zero-order valence-electron chi connectivity index (χ0n) is 10.9. The highest BCUT2D eigenvalue weighted by atomic mass is 16.2. The van der Waals surface area contributed by atoms with E-state index in [0.717, 1.165) is 17.9 Å². The summed E-state index contributed by atoms with van der Waals surface area (Å²) in [4.78, 5) is 12.3. The molecule has 3 rings (SSSR count). The van der Waals surface area contributed by atoms with Gasteiger partial charge in [0.05, 0.1) is 17.4 Å². The molecule has 2 fully saturated rings. The molecule has 1 saturated heterocycles. The highest BCUT2D eigenvalue weighted by Gasteiger charge is 2.42. The van der Waals surface area contributed by atoms with Crippen LogP contribution in [0, 0.1) is 18.8 Å². The number of nitrogens with one attached hydrogen (secondary N) is 2. The molecule has 0 spiro atoms. The molecule has 3 unspecified atom stereocenters. The Bertz CT molecular complexity index is 468. The van der Waals surface area contributed by atoms with Gasteiger partial charge >= 0.3 is 0 Å². The Balaban J connectivity index is 1.70. The lowest BCUT2D eigenvalue weighted by molar-refractivity contribution is -0.118. The van der Waals surface area contributed by atoms with E-state index in [4.69, 9.17) is 0 Å². The predicted octanol–water partition coefficient (Wildman–Crippen LogP) is 1.06. The average molecular weight is 248 g/mol. The third kappa shape index (κ3) is 1.92. The van der Waals surface area contributed by atoms with Crippen LogP contribution in [0.4, 0.5) is 5.69 Å². The van der Waals surface area contributed by atoms with Crippen LogP contribution in [0.25, 0.3) is 0 Å². The van der Waals surface area contributed by atoms with Crippen LogP contribution < -0.4 is 10.6 Å².